The quantitative estimate of drug-likeness (QED) is 0.448. The molecule has 5 nitrogen and oxygen atoms in total. The Morgan fingerprint density at radius 2 is 1.58 bits per heavy atom. The van der Waals surface area contributed by atoms with Gasteiger partial charge in [0.25, 0.3) is 5.56 Å². The van der Waals surface area contributed by atoms with Crippen molar-refractivity contribution in [2.75, 3.05) is 5.32 Å². The van der Waals surface area contributed by atoms with Gasteiger partial charge in [0.05, 0.1) is 0 Å². The number of hydrogen-bond acceptors (Lipinski definition) is 2. The molecular weight excluding hydrogens is 410 g/mol. The molecule has 2 amide bonds. The van der Waals surface area contributed by atoms with Crippen LogP contribution in [0.2, 0.25) is 5.02 Å². The summed E-state index contributed by atoms with van der Waals surface area (Å²) in [7, 11) is 1.67. The van der Waals surface area contributed by atoms with E-state index in [1.165, 1.54) is 4.57 Å². The van der Waals surface area contributed by atoms with Crippen molar-refractivity contribution in [2.24, 2.45) is 7.05 Å². The van der Waals surface area contributed by atoms with Crippen LogP contribution in [-0.2, 0) is 13.6 Å². The van der Waals surface area contributed by atoms with Crippen molar-refractivity contribution in [2.45, 2.75) is 13.5 Å². The average Bonchev–Trinajstić information content (AvgIpc) is 2.78. The standard InChI is InChI=1S/C25H22ClN3O2/c1-16-9-3-5-11-18(16)22-19-12-6-7-13-20(19)24(30)29(2)23(22)28-25(31)27-15-17-10-4-8-14-21(17)26/h3-14H,15H2,1-2H3,(H2,27,28,31). The average molecular weight is 432 g/mol. The number of aromatic nitrogens is 1. The molecule has 0 aliphatic rings. The Morgan fingerprint density at radius 3 is 2.32 bits per heavy atom. The van der Waals surface area contributed by atoms with Gasteiger partial charge in [-0.2, -0.15) is 0 Å². The second kappa shape index (κ2) is 8.66. The molecule has 0 bridgehead atoms. The zero-order valence-electron chi connectivity index (χ0n) is 17.3. The minimum absolute atomic E-state index is 0.172. The molecule has 31 heavy (non-hydrogen) atoms. The minimum Gasteiger partial charge on any atom is -0.334 e. The number of carbonyl (C=O) groups excluding carboxylic acids is 1. The zero-order valence-corrected chi connectivity index (χ0v) is 18.0. The number of aryl methyl sites for hydroxylation is 1. The normalized spacial score (nSPS) is 10.8. The number of nitrogens with zero attached hydrogens (tertiary/aromatic N) is 1. The highest BCUT2D eigenvalue weighted by Crippen LogP contribution is 2.35. The predicted octanol–water partition coefficient (Wildman–Crippen LogP) is 5.49. The van der Waals surface area contributed by atoms with Crippen LogP contribution < -0.4 is 16.2 Å². The highest BCUT2D eigenvalue weighted by Gasteiger charge is 2.19. The second-order valence-corrected chi connectivity index (χ2v) is 7.75. The van der Waals surface area contributed by atoms with Gasteiger partial charge < -0.3 is 5.32 Å². The Balaban J connectivity index is 1.78. The van der Waals surface area contributed by atoms with E-state index in [2.05, 4.69) is 10.6 Å². The number of amides is 2. The fraction of sp³-hybridized carbons (Fsp3) is 0.120. The van der Waals surface area contributed by atoms with E-state index in [0.717, 1.165) is 27.6 Å². The Morgan fingerprint density at radius 1 is 0.935 bits per heavy atom. The van der Waals surface area contributed by atoms with Crippen LogP contribution in [0.5, 0.6) is 0 Å². The maximum atomic E-state index is 13.0. The number of rotatable bonds is 4. The number of anilines is 1. The third-order valence-corrected chi connectivity index (χ3v) is 5.72. The van der Waals surface area contributed by atoms with Gasteiger partial charge in [0, 0.05) is 29.6 Å². The maximum Gasteiger partial charge on any atom is 0.320 e. The van der Waals surface area contributed by atoms with Gasteiger partial charge in [-0.3, -0.25) is 14.7 Å². The molecule has 0 atom stereocenters. The van der Waals surface area contributed by atoms with Gasteiger partial charge in [0.1, 0.15) is 5.82 Å². The van der Waals surface area contributed by atoms with Crippen LogP contribution in [0.1, 0.15) is 11.1 Å². The number of hydrogen-bond donors (Lipinski definition) is 2. The van der Waals surface area contributed by atoms with Gasteiger partial charge in [-0.25, -0.2) is 4.79 Å². The van der Waals surface area contributed by atoms with Crippen LogP contribution in [-0.4, -0.2) is 10.6 Å². The molecule has 156 valence electrons. The number of pyridine rings is 1. The first-order chi connectivity index (χ1) is 15.0. The molecule has 0 saturated heterocycles. The molecule has 0 aliphatic carbocycles. The van der Waals surface area contributed by atoms with Crippen LogP contribution in [0.15, 0.2) is 77.6 Å². The van der Waals surface area contributed by atoms with Crippen molar-refractivity contribution < 1.29 is 4.79 Å². The molecule has 1 heterocycles. The van der Waals surface area contributed by atoms with Crippen molar-refractivity contribution in [3.63, 3.8) is 0 Å². The molecule has 4 rings (SSSR count). The number of halogens is 1. The smallest absolute Gasteiger partial charge is 0.320 e. The molecule has 0 fully saturated rings. The molecule has 3 aromatic carbocycles. The van der Waals surface area contributed by atoms with Crippen molar-refractivity contribution in [3.8, 4) is 11.1 Å². The highest BCUT2D eigenvalue weighted by molar-refractivity contribution is 6.31. The number of nitrogens with one attached hydrogen (secondary N) is 2. The van der Waals surface area contributed by atoms with Gasteiger partial charge >= 0.3 is 6.03 Å². The monoisotopic (exact) mass is 431 g/mol. The van der Waals surface area contributed by atoms with Gasteiger partial charge in [-0.1, -0.05) is 72.3 Å². The minimum atomic E-state index is -0.417. The third-order valence-electron chi connectivity index (χ3n) is 5.35. The molecule has 0 saturated carbocycles. The lowest BCUT2D eigenvalue weighted by molar-refractivity contribution is 0.251. The van der Waals surface area contributed by atoms with Crippen LogP contribution in [0.25, 0.3) is 21.9 Å². The number of urea groups is 1. The first kappa shape index (κ1) is 20.7. The Labute approximate surface area is 185 Å². The summed E-state index contributed by atoms with van der Waals surface area (Å²) in [5.41, 5.74) is 3.45. The summed E-state index contributed by atoms with van der Waals surface area (Å²) in [5.74, 6) is 0.439. The largest absolute Gasteiger partial charge is 0.334 e. The van der Waals surface area contributed by atoms with Crippen molar-refractivity contribution in [1.82, 2.24) is 9.88 Å². The molecule has 0 aliphatic heterocycles. The Hall–Kier alpha value is -3.57. The van der Waals surface area contributed by atoms with Crippen molar-refractivity contribution >= 4 is 34.2 Å². The Kier molecular flexibility index (Phi) is 5.78. The van der Waals surface area contributed by atoms with Gasteiger partial charge in [0.15, 0.2) is 0 Å². The van der Waals surface area contributed by atoms with E-state index < -0.39 is 6.03 Å². The summed E-state index contributed by atoms with van der Waals surface area (Å²) in [6, 6.07) is 22.3. The zero-order chi connectivity index (χ0) is 22.0. The number of benzene rings is 3. The van der Waals surface area contributed by atoms with Gasteiger partial charge in [-0.15, -0.1) is 0 Å². The van der Waals surface area contributed by atoms with E-state index in [0.29, 0.717) is 16.2 Å². The summed E-state index contributed by atoms with van der Waals surface area (Å²) in [4.78, 5) is 25.8. The van der Waals surface area contributed by atoms with Gasteiger partial charge in [0.2, 0.25) is 0 Å². The van der Waals surface area contributed by atoms with Crippen LogP contribution >= 0.6 is 11.6 Å². The lowest BCUT2D eigenvalue weighted by Crippen LogP contribution is -2.32. The molecule has 0 unspecified atom stereocenters. The van der Waals surface area contributed by atoms with E-state index in [-0.39, 0.29) is 12.1 Å². The topological polar surface area (TPSA) is 63.1 Å². The molecule has 1 aromatic heterocycles. The fourth-order valence-corrected chi connectivity index (χ4v) is 3.91. The van der Waals surface area contributed by atoms with Crippen molar-refractivity contribution in [1.29, 1.82) is 0 Å². The summed E-state index contributed by atoms with van der Waals surface area (Å²) in [6.07, 6.45) is 0. The maximum absolute atomic E-state index is 13.0. The summed E-state index contributed by atoms with van der Waals surface area (Å²) < 4.78 is 1.49. The third kappa shape index (κ3) is 4.05. The first-order valence-electron chi connectivity index (χ1n) is 9.93. The van der Waals surface area contributed by atoms with Crippen LogP contribution in [0.4, 0.5) is 10.6 Å². The van der Waals surface area contributed by atoms with E-state index in [1.807, 2.05) is 67.6 Å². The second-order valence-electron chi connectivity index (χ2n) is 7.35. The SMILES string of the molecule is Cc1ccccc1-c1c(NC(=O)NCc2ccccc2Cl)n(C)c(=O)c2ccccc12. The lowest BCUT2D eigenvalue weighted by Gasteiger charge is -2.19. The number of carbonyl (C=O) groups is 1. The van der Waals surface area contributed by atoms with Crippen LogP contribution in [0, 0.1) is 6.92 Å². The predicted molar refractivity (Wildman–Crippen MR) is 127 cm³/mol. The molecule has 6 heteroatoms. The van der Waals surface area contributed by atoms with Crippen molar-refractivity contribution in [3.05, 3.63) is 99.3 Å². The van der Waals surface area contributed by atoms with Crippen LogP contribution in [0.3, 0.4) is 0 Å². The number of fused-ring (bicyclic) bond motifs is 1. The van der Waals surface area contributed by atoms with E-state index >= 15 is 0 Å². The molecule has 2 N–H and O–H groups in total. The summed E-state index contributed by atoms with van der Waals surface area (Å²) in [5, 5.41) is 7.70. The molecule has 4 aromatic rings. The first-order valence-corrected chi connectivity index (χ1v) is 10.3. The van der Waals surface area contributed by atoms with E-state index in [1.54, 1.807) is 19.2 Å². The van der Waals surface area contributed by atoms with E-state index in [4.69, 9.17) is 11.6 Å². The van der Waals surface area contributed by atoms with Gasteiger partial charge in [-0.05, 0) is 41.1 Å². The van der Waals surface area contributed by atoms with E-state index in [9.17, 15) is 9.59 Å². The fourth-order valence-electron chi connectivity index (χ4n) is 3.71. The Bertz CT molecular complexity index is 1340. The highest BCUT2D eigenvalue weighted by atomic mass is 35.5. The summed E-state index contributed by atoms with van der Waals surface area (Å²) >= 11 is 6.18. The molecule has 0 radical (unpaired) electrons. The summed E-state index contributed by atoms with van der Waals surface area (Å²) in [6.45, 7) is 2.28. The lowest BCUT2D eigenvalue weighted by atomic mass is 9.96. The molecular formula is C25H22ClN3O2. The molecule has 0 spiro atoms.